The predicted molar refractivity (Wildman–Crippen MR) is 78.4 cm³/mol. The lowest BCUT2D eigenvalue weighted by Crippen LogP contribution is -2.45. The highest BCUT2D eigenvalue weighted by molar-refractivity contribution is 5.72. The number of hydrogen-bond donors (Lipinski definition) is 2. The number of ether oxygens (including phenoxy) is 1. The van der Waals surface area contributed by atoms with Crippen LogP contribution in [0, 0.1) is 11.8 Å². The van der Waals surface area contributed by atoms with Gasteiger partial charge in [-0.3, -0.25) is 4.79 Å². The van der Waals surface area contributed by atoms with Gasteiger partial charge in [-0.1, -0.05) is 19.3 Å². The van der Waals surface area contributed by atoms with E-state index < -0.39 is 5.60 Å². The number of esters is 1. The first-order valence-electron chi connectivity index (χ1n) is 8.23. The lowest BCUT2D eigenvalue weighted by Gasteiger charge is -2.35. The average molecular weight is 283 g/mol. The molecular weight excluding hydrogens is 254 g/mol. The first kappa shape index (κ1) is 15.8. The fourth-order valence-corrected chi connectivity index (χ4v) is 3.24. The third-order valence-electron chi connectivity index (χ3n) is 4.94. The minimum absolute atomic E-state index is 0.00907. The molecule has 2 fully saturated rings. The van der Waals surface area contributed by atoms with Crippen LogP contribution in [0.15, 0.2) is 0 Å². The molecule has 0 radical (unpaired) electrons. The van der Waals surface area contributed by atoms with E-state index in [1.54, 1.807) is 0 Å². The monoisotopic (exact) mass is 283 g/mol. The fourth-order valence-electron chi connectivity index (χ4n) is 3.24. The summed E-state index contributed by atoms with van der Waals surface area (Å²) in [6.45, 7) is 3.95. The largest absolute Gasteiger partial charge is 0.466 e. The topological polar surface area (TPSA) is 58.6 Å². The number of nitrogens with one attached hydrogen (secondary N) is 1. The highest BCUT2D eigenvalue weighted by Crippen LogP contribution is 2.33. The van der Waals surface area contributed by atoms with Crippen LogP contribution < -0.4 is 5.32 Å². The standard InChI is InChI=1S/C16H29NO3/c1-2-20-15(18)14-6-9-16(19,10-7-14)12-17-11-8-13-4-3-5-13/h13-14,17,19H,2-12H2,1H3. The lowest BCUT2D eigenvalue weighted by molar-refractivity contribution is -0.151. The van der Waals surface area contributed by atoms with E-state index in [2.05, 4.69) is 5.32 Å². The minimum atomic E-state index is -0.622. The Labute approximate surface area is 122 Å². The number of rotatable bonds is 7. The van der Waals surface area contributed by atoms with Gasteiger partial charge >= 0.3 is 5.97 Å². The molecule has 2 N–H and O–H groups in total. The van der Waals surface area contributed by atoms with Crippen molar-refractivity contribution in [3.05, 3.63) is 0 Å². The molecule has 0 amide bonds. The van der Waals surface area contributed by atoms with Gasteiger partial charge in [-0.15, -0.1) is 0 Å². The van der Waals surface area contributed by atoms with Gasteiger partial charge in [-0.25, -0.2) is 0 Å². The number of aliphatic hydroxyl groups is 1. The molecule has 0 aromatic carbocycles. The van der Waals surface area contributed by atoms with Crippen LogP contribution in [0.2, 0.25) is 0 Å². The molecular formula is C16H29NO3. The molecule has 4 heteroatoms. The van der Waals surface area contributed by atoms with Crippen molar-refractivity contribution in [2.75, 3.05) is 19.7 Å². The van der Waals surface area contributed by atoms with Gasteiger partial charge in [0.2, 0.25) is 0 Å². The Kier molecular flexibility index (Phi) is 5.85. The van der Waals surface area contributed by atoms with Crippen molar-refractivity contribution in [1.29, 1.82) is 0 Å². The summed E-state index contributed by atoms with van der Waals surface area (Å²) in [6.07, 6.45) is 8.30. The Morgan fingerprint density at radius 3 is 2.55 bits per heavy atom. The Bertz CT molecular complexity index is 307. The average Bonchev–Trinajstić information content (AvgIpc) is 2.37. The van der Waals surface area contributed by atoms with Gasteiger partial charge in [0.1, 0.15) is 0 Å². The van der Waals surface area contributed by atoms with Gasteiger partial charge in [0.05, 0.1) is 18.1 Å². The summed E-state index contributed by atoms with van der Waals surface area (Å²) in [5.74, 6) is 0.814. The second kappa shape index (κ2) is 7.41. The molecule has 0 unspecified atom stereocenters. The van der Waals surface area contributed by atoms with Crippen LogP contribution >= 0.6 is 0 Å². The maximum Gasteiger partial charge on any atom is 0.308 e. The van der Waals surface area contributed by atoms with Crippen LogP contribution in [0.3, 0.4) is 0 Å². The van der Waals surface area contributed by atoms with Gasteiger partial charge in [0, 0.05) is 6.54 Å². The van der Waals surface area contributed by atoms with Crippen molar-refractivity contribution < 1.29 is 14.6 Å². The van der Waals surface area contributed by atoms with Gasteiger partial charge in [0.25, 0.3) is 0 Å². The van der Waals surface area contributed by atoms with Crippen molar-refractivity contribution in [2.45, 2.75) is 63.9 Å². The van der Waals surface area contributed by atoms with Crippen molar-refractivity contribution in [1.82, 2.24) is 5.32 Å². The molecule has 4 nitrogen and oxygen atoms in total. The molecule has 116 valence electrons. The van der Waals surface area contributed by atoms with Crippen molar-refractivity contribution >= 4 is 5.97 Å². The Balaban J connectivity index is 1.61. The molecule has 0 spiro atoms. The summed E-state index contributed by atoms with van der Waals surface area (Å²) >= 11 is 0. The molecule has 0 atom stereocenters. The molecule has 0 aromatic rings. The summed E-state index contributed by atoms with van der Waals surface area (Å²) in [5, 5.41) is 13.9. The molecule has 2 aliphatic rings. The molecule has 2 saturated carbocycles. The quantitative estimate of drug-likeness (QED) is 0.556. The molecule has 0 heterocycles. The third kappa shape index (κ3) is 4.45. The zero-order chi connectivity index (χ0) is 14.4. The highest BCUT2D eigenvalue weighted by Gasteiger charge is 2.36. The summed E-state index contributed by atoms with van der Waals surface area (Å²) in [5.41, 5.74) is -0.622. The van der Waals surface area contributed by atoms with E-state index in [1.807, 2.05) is 6.92 Å². The fraction of sp³-hybridized carbons (Fsp3) is 0.938. The molecule has 2 aliphatic carbocycles. The van der Waals surface area contributed by atoms with Gasteiger partial charge in [0.15, 0.2) is 0 Å². The van der Waals surface area contributed by atoms with E-state index in [0.717, 1.165) is 25.3 Å². The SMILES string of the molecule is CCOC(=O)C1CCC(O)(CNCCC2CCC2)CC1. The zero-order valence-corrected chi connectivity index (χ0v) is 12.7. The molecule has 20 heavy (non-hydrogen) atoms. The Hall–Kier alpha value is -0.610. The van der Waals surface area contributed by atoms with Crippen LogP contribution in [0.4, 0.5) is 0 Å². The Morgan fingerprint density at radius 2 is 2.00 bits per heavy atom. The van der Waals surface area contributed by atoms with E-state index in [1.165, 1.54) is 25.7 Å². The number of hydrogen-bond acceptors (Lipinski definition) is 4. The van der Waals surface area contributed by atoms with Crippen LogP contribution in [-0.4, -0.2) is 36.4 Å². The second-order valence-electron chi connectivity index (χ2n) is 6.51. The van der Waals surface area contributed by atoms with Gasteiger partial charge < -0.3 is 15.2 Å². The lowest BCUT2D eigenvalue weighted by atomic mass is 9.78. The van der Waals surface area contributed by atoms with Gasteiger partial charge in [-0.05, 0) is 51.5 Å². The molecule has 0 aromatic heterocycles. The Morgan fingerprint density at radius 1 is 1.30 bits per heavy atom. The second-order valence-corrected chi connectivity index (χ2v) is 6.51. The van der Waals surface area contributed by atoms with Gasteiger partial charge in [-0.2, -0.15) is 0 Å². The third-order valence-corrected chi connectivity index (χ3v) is 4.94. The smallest absolute Gasteiger partial charge is 0.308 e. The van der Waals surface area contributed by atoms with Crippen molar-refractivity contribution in [2.24, 2.45) is 11.8 Å². The maximum absolute atomic E-state index is 11.7. The first-order valence-corrected chi connectivity index (χ1v) is 8.23. The van der Waals surface area contributed by atoms with E-state index in [9.17, 15) is 9.90 Å². The molecule has 0 bridgehead atoms. The normalized spacial score (nSPS) is 30.8. The molecule has 2 rings (SSSR count). The van der Waals surface area contributed by atoms with E-state index >= 15 is 0 Å². The highest BCUT2D eigenvalue weighted by atomic mass is 16.5. The van der Waals surface area contributed by atoms with Crippen molar-refractivity contribution in [3.63, 3.8) is 0 Å². The van der Waals surface area contributed by atoms with Crippen LogP contribution in [0.5, 0.6) is 0 Å². The van der Waals surface area contributed by atoms with E-state index in [4.69, 9.17) is 4.74 Å². The number of carbonyl (C=O) groups excluding carboxylic acids is 1. The van der Waals surface area contributed by atoms with E-state index in [0.29, 0.717) is 26.0 Å². The maximum atomic E-state index is 11.7. The summed E-state index contributed by atoms with van der Waals surface area (Å²) in [7, 11) is 0. The molecule has 0 aliphatic heterocycles. The summed E-state index contributed by atoms with van der Waals surface area (Å²) in [6, 6.07) is 0. The number of carbonyl (C=O) groups is 1. The van der Waals surface area contributed by atoms with Crippen LogP contribution in [-0.2, 0) is 9.53 Å². The van der Waals surface area contributed by atoms with Crippen LogP contribution in [0.25, 0.3) is 0 Å². The predicted octanol–water partition coefficient (Wildman–Crippen LogP) is 2.25. The zero-order valence-electron chi connectivity index (χ0n) is 12.7. The first-order chi connectivity index (χ1) is 9.63. The van der Waals surface area contributed by atoms with Crippen molar-refractivity contribution in [3.8, 4) is 0 Å². The summed E-state index contributed by atoms with van der Waals surface area (Å²) in [4.78, 5) is 11.7. The minimum Gasteiger partial charge on any atom is -0.466 e. The van der Waals surface area contributed by atoms with Crippen LogP contribution in [0.1, 0.15) is 58.3 Å². The van der Waals surface area contributed by atoms with E-state index in [-0.39, 0.29) is 11.9 Å². The summed E-state index contributed by atoms with van der Waals surface area (Å²) < 4.78 is 5.06. The molecule has 0 saturated heterocycles.